The van der Waals surface area contributed by atoms with Gasteiger partial charge in [0.25, 0.3) is 11.6 Å². The molecule has 4 aromatic rings. The number of fused-ring (bicyclic) bond motifs is 1. The van der Waals surface area contributed by atoms with Gasteiger partial charge in [-0.05, 0) is 68.2 Å². The average molecular weight is 563 g/mol. The third-order valence-corrected chi connectivity index (χ3v) is 6.24. The van der Waals surface area contributed by atoms with Crippen molar-refractivity contribution in [3.8, 4) is 11.8 Å². The van der Waals surface area contributed by atoms with E-state index in [2.05, 4.69) is 21.2 Å². The topological polar surface area (TPSA) is 105 Å². The molecule has 0 saturated carbocycles. The molecule has 0 saturated heterocycles. The average Bonchev–Trinajstić information content (AvgIpc) is 2.87. The highest BCUT2D eigenvalue weighted by atomic mass is 79.9. The molecule has 1 amide bonds. The van der Waals surface area contributed by atoms with Crippen LogP contribution in [0.3, 0.4) is 0 Å². The maximum Gasteiger partial charge on any atom is 0.289 e. The molecule has 7 nitrogen and oxygen atoms in total. The molecule has 0 aromatic heterocycles. The lowest BCUT2D eigenvalue weighted by molar-refractivity contribution is -0.384. The van der Waals surface area contributed by atoms with E-state index >= 15 is 0 Å². The van der Waals surface area contributed by atoms with Crippen molar-refractivity contribution in [2.75, 3.05) is 5.32 Å². The van der Waals surface area contributed by atoms with Crippen LogP contribution in [0.5, 0.6) is 5.75 Å². The van der Waals surface area contributed by atoms with Gasteiger partial charge in [0.15, 0.2) is 0 Å². The summed E-state index contributed by atoms with van der Waals surface area (Å²) < 4.78 is 6.66. The van der Waals surface area contributed by atoms with Crippen molar-refractivity contribution >= 4 is 61.7 Å². The number of hydrogen-bond acceptors (Lipinski definition) is 5. The zero-order valence-corrected chi connectivity index (χ0v) is 20.9. The number of carbonyl (C=O) groups is 1. The van der Waals surface area contributed by atoms with Crippen molar-refractivity contribution in [2.45, 2.75) is 6.61 Å². The molecule has 4 aromatic carbocycles. The van der Waals surface area contributed by atoms with Crippen LogP contribution in [0.1, 0.15) is 11.1 Å². The van der Waals surface area contributed by atoms with Gasteiger partial charge in [0.2, 0.25) is 0 Å². The number of nitrogens with zero attached hydrogens (tertiary/aromatic N) is 2. The highest BCUT2D eigenvalue weighted by molar-refractivity contribution is 9.10. The summed E-state index contributed by atoms with van der Waals surface area (Å²) in [5, 5.41) is 25.2. The van der Waals surface area contributed by atoms with Crippen LogP contribution >= 0.6 is 27.5 Å². The van der Waals surface area contributed by atoms with Crippen molar-refractivity contribution in [3.05, 3.63) is 115 Å². The van der Waals surface area contributed by atoms with Gasteiger partial charge in [0, 0.05) is 11.8 Å². The summed E-state index contributed by atoms with van der Waals surface area (Å²) in [6, 6.07) is 25.0. The monoisotopic (exact) mass is 561 g/mol. The summed E-state index contributed by atoms with van der Waals surface area (Å²) >= 11 is 9.29. The molecule has 36 heavy (non-hydrogen) atoms. The summed E-state index contributed by atoms with van der Waals surface area (Å²) in [6.45, 7) is 0.369. The number of anilines is 1. The van der Waals surface area contributed by atoms with Gasteiger partial charge in [-0.3, -0.25) is 14.9 Å². The Bertz CT molecular complexity index is 1560. The first-order valence-corrected chi connectivity index (χ1v) is 11.8. The Morgan fingerprint density at radius 3 is 2.64 bits per heavy atom. The third-order valence-electron chi connectivity index (χ3n) is 5.30. The van der Waals surface area contributed by atoms with E-state index in [1.165, 1.54) is 18.2 Å². The minimum absolute atomic E-state index is 0.0540. The van der Waals surface area contributed by atoms with Gasteiger partial charge >= 0.3 is 0 Å². The quantitative estimate of drug-likeness (QED) is 0.110. The van der Waals surface area contributed by atoms with E-state index in [-0.39, 0.29) is 22.0 Å². The molecule has 0 unspecified atom stereocenters. The molecule has 0 aliphatic rings. The Morgan fingerprint density at radius 1 is 1.11 bits per heavy atom. The number of halogens is 2. The number of benzene rings is 4. The van der Waals surface area contributed by atoms with Gasteiger partial charge in [-0.25, -0.2) is 0 Å². The fourth-order valence-electron chi connectivity index (χ4n) is 3.54. The summed E-state index contributed by atoms with van der Waals surface area (Å²) in [4.78, 5) is 23.0. The van der Waals surface area contributed by atoms with Crippen molar-refractivity contribution < 1.29 is 14.5 Å². The molecular formula is C27H17BrClN3O4. The maximum absolute atomic E-state index is 12.6. The Labute approximate surface area is 219 Å². The Hall–Kier alpha value is -4.19. The van der Waals surface area contributed by atoms with Gasteiger partial charge < -0.3 is 10.1 Å². The van der Waals surface area contributed by atoms with Crippen LogP contribution in [0.2, 0.25) is 5.02 Å². The van der Waals surface area contributed by atoms with E-state index in [1.807, 2.05) is 48.5 Å². The molecule has 0 atom stereocenters. The largest absolute Gasteiger partial charge is 0.488 e. The van der Waals surface area contributed by atoms with Crippen molar-refractivity contribution in [2.24, 2.45) is 0 Å². The molecule has 1 N–H and O–H groups in total. The standard InChI is InChI=1S/C27H17BrClN3O4/c28-23-13-17(8-11-26(23)36-16-19-6-3-5-18-4-1-2-7-22(18)19)12-20(15-30)27(33)31-21-9-10-24(29)25(14-21)32(34)35/h1-14H,16H2,(H,31,33)/b20-12+. The predicted octanol–water partition coefficient (Wildman–Crippen LogP) is 7.29. The summed E-state index contributed by atoms with van der Waals surface area (Å²) in [5.41, 5.74) is 1.27. The van der Waals surface area contributed by atoms with Crippen LogP contribution in [-0.4, -0.2) is 10.8 Å². The smallest absolute Gasteiger partial charge is 0.289 e. The molecule has 0 spiro atoms. The van der Waals surface area contributed by atoms with E-state index in [4.69, 9.17) is 16.3 Å². The molecule has 178 valence electrons. The molecule has 0 heterocycles. The van der Waals surface area contributed by atoms with Crippen molar-refractivity contribution in [1.82, 2.24) is 0 Å². The number of ether oxygens (including phenoxy) is 1. The zero-order valence-electron chi connectivity index (χ0n) is 18.6. The van der Waals surface area contributed by atoms with Gasteiger partial charge in [0.05, 0.1) is 9.40 Å². The number of rotatable bonds is 7. The lowest BCUT2D eigenvalue weighted by Gasteiger charge is -2.11. The summed E-state index contributed by atoms with van der Waals surface area (Å²) in [7, 11) is 0. The SMILES string of the molecule is N#C/C(=C\c1ccc(OCc2cccc3ccccc23)c(Br)c1)C(=O)Nc1ccc(Cl)c([N+](=O)[O-])c1. The zero-order chi connectivity index (χ0) is 25.7. The maximum atomic E-state index is 12.6. The number of hydrogen-bond donors (Lipinski definition) is 1. The minimum Gasteiger partial charge on any atom is -0.488 e. The first kappa shape index (κ1) is 24.9. The minimum atomic E-state index is -0.707. The highest BCUT2D eigenvalue weighted by Gasteiger charge is 2.16. The van der Waals surface area contributed by atoms with Crippen LogP contribution in [0, 0.1) is 21.4 Å². The summed E-state index contributed by atoms with van der Waals surface area (Å²) in [6.07, 6.45) is 1.42. The number of nitro benzene ring substituents is 1. The van der Waals surface area contributed by atoms with Crippen LogP contribution in [0.25, 0.3) is 16.8 Å². The first-order valence-electron chi connectivity index (χ1n) is 10.6. The lowest BCUT2D eigenvalue weighted by Crippen LogP contribution is -2.13. The number of nitro groups is 1. The Balaban J connectivity index is 1.48. The van der Waals surface area contributed by atoms with Crippen LogP contribution in [-0.2, 0) is 11.4 Å². The molecule has 4 rings (SSSR count). The number of nitrogens with one attached hydrogen (secondary N) is 1. The van der Waals surface area contributed by atoms with Crippen LogP contribution in [0.15, 0.2) is 88.9 Å². The Morgan fingerprint density at radius 2 is 1.89 bits per heavy atom. The van der Waals surface area contributed by atoms with Crippen molar-refractivity contribution in [3.63, 3.8) is 0 Å². The van der Waals surface area contributed by atoms with E-state index < -0.39 is 10.8 Å². The number of nitriles is 1. The highest BCUT2D eigenvalue weighted by Crippen LogP contribution is 2.30. The second-order valence-corrected chi connectivity index (χ2v) is 8.93. The van der Waals surface area contributed by atoms with E-state index in [1.54, 1.807) is 18.2 Å². The molecule has 0 fully saturated rings. The predicted molar refractivity (Wildman–Crippen MR) is 143 cm³/mol. The van der Waals surface area contributed by atoms with Gasteiger partial charge in [-0.1, -0.05) is 60.1 Å². The molecular weight excluding hydrogens is 546 g/mol. The lowest BCUT2D eigenvalue weighted by atomic mass is 10.1. The number of carbonyl (C=O) groups excluding carboxylic acids is 1. The van der Waals surface area contributed by atoms with Gasteiger partial charge in [0.1, 0.15) is 29.0 Å². The summed E-state index contributed by atoms with van der Waals surface area (Å²) in [5.74, 6) is -0.0990. The van der Waals surface area contributed by atoms with E-state index in [0.29, 0.717) is 22.4 Å². The van der Waals surface area contributed by atoms with Crippen LogP contribution < -0.4 is 10.1 Å². The van der Waals surface area contributed by atoms with E-state index in [9.17, 15) is 20.2 Å². The van der Waals surface area contributed by atoms with E-state index in [0.717, 1.165) is 22.4 Å². The first-order chi connectivity index (χ1) is 17.4. The molecule has 0 aliphatic heterocycles. The fraction of sp³-hybridized carbons (Fsp3) is 0.0370. The van der Waals surface area contributed by atoms with Crippen LogP contribution in [0.4, 0.5) is 11.4 Å². The molecule has 0 bridgehead atoms. The third kappa shape index (κ3) is 5.71. The van der Waals surface area contributed by atoms with Gasteiger partial charge in [-0.2, -0.15) is 5.26 Å². The molecule has 9 heteroatoms. The second-order valence-electron chi connectivity index (χ2n) is 7.66. The second kappa shape index (κ2) is 11.0. The number of amides is 1. The molecule has 0 radical (unpaired) electrons. The normalized spacial score (nSPS) is 11.1. The van der Waals surface area contributed by atoms with Gasteiger partial charge in [-0.15, -0.1) is 0 Å². The Kier molecular flexibility index (Phi) is 7.64. The fourth-order valence-corrected chi connectivity index (χ4v) is 4.24. The van der Waals surface area contributed by atoms with Crippen molar-refractivity contribution in [1.29, 1.82) is 5.26 Å². The molecule has 0 aliphatic carbocycles.